The van der Waals surface area contributed by atoms with E-state index in [-0.39, 0.29) is 29.9 Å². The van der Waals surface area contributed by atoms with Gasteiger partial charge >= 0.3 is 0 Å². The van der Waals surface area contributed by atoms with Crippen LogP contribution >= 0.6 is 11.6 Å². The van der Waals surface area contributed by atoms with E-state index in [2.05, 4.69) is 5.10 Å². The van der Waals surface area contributed by atoms with Crippen LogP contribution in [0.15, 0.2) is 30.6 Å². The van der Waals surface area contributed by atoms with Crippen molar-refractivity contribution in [2.24, 2.45) is 7.05 Å². The van der Waals surface area contributed by atoms with E-state index < -0.39 is 9.84 Å². The topological polar surface area (TPSA) is 55.2 Å². The van der Waals surface area contributed by atoms with Crippen molar-refractivity contribution in [1.29, 1.82) is 0 Å². The smallest absolute Gasteiger partial charge is 0.153 e. The van der Waals surface area contributed by atoms with Crippen molar-refractivity contribution in [2.45, 2.75) is 12.6 Å². The minimum atomic E-state index is -3.12. The predicted octanol–water partition coefficient (Wildman–Crippen LogP) is 2.18. The molecule has 3 rings (SSSR count). The van der Waals surface area contributed by atoms with Crippen LogP contribution in [0.5, 0.6) is 0 Å². The zero-order chi connectivity index (χ0) is 16.6. The summed E-state index contributed by atoms with van der Waals surface area (Å²) in [6, 6.07) is 4.21. The van der Waals surface area contributed by atoms with Crippen LogP contribution in [-0.4, -0.2) is 41.1 Å². The fourth-order valence-electron chi connectivity index (χ4n) is 2.84. The van der Waals surface area contributed by atoms with Gasteiger partial charge in [0.05, 0.1) is 23.7 Å². The van der Waals surface area contributed by atoms with Gasteiger partial charge in [0.15, 0.2) is 9.84 Å². The highest BCUT2D eigenvalue weighted by molar-refractivity contribution is 7.91. The predicted molar refractivity (Wildman–Crippen MR) is 86.4 cm³/mol. The summed E-state index contributed by atoms with van der Waals surface area (Å²) in [6.45, 7) is 0.604. The first-order chi connectivity index (χ1) is 10.9. The van der Waals surface area contributed by atoms with Gasteiger partial charge in [0.2, 0.25) is 0 Å². The SMILES string of the molecule is Cn1cc(C2CS(=O)(=O)CCN2Cc2c(F)cccc2Cl)cn1. The zero-order valence-corrected chi connectivity index (χ0v) is 14.2. The van der Waals surface area contributed by atoms with E-state index in [9.17, 15) is 12.8 Å². The largest absolute Gasteiger partial charge is 0.290 e. The molecular formula is C15H17ClFN3O2S. The third-order valence-corrected chi connectivity index (χ3v) is 6.06. The lowest BCUT2D eigenvalue weighted by atomic mass is 10.1. The van der Waals surface area contributed by atoms with Gasteiger partial charge in [-0.25, -0.2) is 12.8 Å². The third-order valence-electron chi connectivity index (χ3n) is 4.07. The van der Waals surface area contributed by atoms with Gasteiger partial charge in [0, 0.05) is 42.5 Å². The normalized spacial score (nSPS) is 21.4. The average molecular weight is 358 g/mol. The van der Waals surface area contributed by atoms with Crippen LogP contribution in [0, 0.1) is 5.82 Å². The van der Waals surface area contributed by atoms with Crippen molar-refractivity contribution < 1.29 is 12.8 Å². The Balaban J connectivity index is 1.92. The summed E-state index contributed by atoms with van der Waals surface area (Å²) in [5, 5.41) is 4.46. The number of hydrogen-bond acceptors (Lipinski definition) is 4. The van der Waals surface area contributed by atoms with Crippen molar-refractivity contribution in [3.05, 3.63) is 52.6 Å². The first kappa shape index (κ1) is 16.4. The summed E-state index contributed by atoms with van der Waals surface area (Å²) in [7, 11) is -1.35. The van der Waals surface area contributed by atoms with Crippen LogP contribution in [0.3, 0.4) is 0 Å². The molecule has 1 aliphatic heterocycles. The van der Waals surface area contributed by atoms with Gasteiger partial charge < -0.3 is 0 Å². The molecule has 0 spiro atoms. The second-order valence-corrected chi connectivity index (χ2v) is 8.38. The molecule has 0 N–H and O–H groups in total. The lowest BCUT2D eigenvalue weighted by Gasteiger charge is -2.35. The molecule has 0 aliphatic carbocycles. The number of aryl methyl sites for hydroxylation is 1. The number of rotatable bonds is 3. The molecule has 2 aromatic rings. The molecule has 1 aromatic heterocycles. The number of halogens is 2. The Bertz CT molecular complexity index is 802. The Morgan fingerprint density at radius 2 is 2.22 bits per heavy atom. The molecule has 8 heteroatoms. The second kappa shape index (κ2) is 6.22. The molecule has 2 heterocycles. The van der Waals surface area contributed by atoms with Crippen molar-refractivity contribution in [3.63, 3.8) is 0 Å². The Labute approximate surface area is 139 Å². The summed E-state index contributed by atoms with van der Waals surface area (Å²) in [6.07, 6.45) is 3.45. The van der Waals surface area contributed by atoms with Crippen LogP contribution in [0.1, 0.15) is 17.2 Å². The van der Waals surface area contributed by atoms with E-state index in [1.807, 2.05) is 4.90 Å². The summed E-state index contributed by atoms with van der Waals surface area (Å²) in [5.74, 6) is -0.309. The Hall–Kier alpha value is -1.44. The zero-order valence-electron chi connectivity index (χ0n) is 12.6. The van der Waals surface area contributed by atoms with E-state index in [4.69, 9.17) is 11.6 Å². The molecule has 23 heavy (non-hydrogen) atoms. The van der Waals surface area contributed by atoms with Gasteiger partial charge in [0.1, 0.15) is 5.82 Å². The second-order valence-electron chi connectivity index (χ2n) is 5.75. The number of benzene rings is 1. The highest BCUT2D eigenvalue weighted by Crippen LogP contribution is 2.30. The van der Waals surface area contributed by atoms with E-state index in [0.717, 1.165) is 5.56 Å². The summed E-state index contributed by atoms with van der Waals surface area (Å²) in [4.78, 5) is 1.95. The number of nitrogens with zero attached hydrogens (tertiary/aromatic N) is 3. The maximum Gasteiger partial charge on any atom is 0.153 e. The molecule has 0 saturated carbocycles. The highest BCUT2D eigenvalue weighted by atomic mass is 35.5. The van der Waals surface area contributed by atoms with Crippen LogP contribution in [0.4, 0.5) is 4.39 Å². The van der Waals surface area contributed by atoms with E-state index in [1.165, 1.54) is 6.07 Å². The summed E-state index contributed by atoms with van der Waals surface area (Å²) >= 11 is 6.10. The first-order valence-electron chi connectivity index (χ1n) is 7.21. The minimum absolute atomic E-state index is 0.00473. The average Bonchev–Trinajstić information content (AvgIpc) is 2.90. The van der Waals surface area contributed by atoms with Gasteiger partial charge in [-0.1, -0.05) is 17.7 Å². The van der Waals surface area contributed by atoms with Gasteiger partial charge in [-0.2, -0.15) is 5.10 Å². The summed E-state index contributed by atoms with van der Waals surface area (Å²) < 4.78 is 39.7. The molecule has 1 saturated heterocycles. The fraction of sp³-hybridized carbons (Fsp3) is 0.400. The summed E-state index contributed by atoms with van der Waals surface area (Å²) in [5.41, 5.74) is 1.20. The molecule has 124 valence electrons. The quantitative estimate of drug-likeness (QED) is 0.845. The van der Waals surface area contributed by atoms with Gasteiger partial charge in [-0.05, 0) is 12.1 Å². The lowest BCUT2D eigenvalue weighted by molar-refractivity contribution is 0.203. The van der Waals surface area contributed by atoms with Gasteiger partial charge in [0.25, 0.3) is 0 Å². The fourth-order valence-corrected chi connectivity index (χ4v) is 4.62. The maximum absolute atomic E-state index is 14.0. The molecule has 1 unspecified atom stereocenters. The molecule has 0 radical (unpaired) electrons. The van der Waals surface area contributed by atoms with Gasteiger partial charge in [-0.15, -0.1) is 0 Å². The van der Waals surface area contributed by atoms with E-state index in [0.29, 0.717) is 17.1 Å². The number of aromatic nitrogens is 2. The molecule has 1 aromatic carbocycles. The Kier molecular flexibility index (Phi) is 4.44. The monoisotopic (exact) mass is 357 g/mol. The lowest BCUT2D eigenvalue weighted by Crippen LogP contribution is -2.42. The molecule has 1 atom stereocenters. The van der Waals surface area contributed by atoms with Crippen LogP contribution in [0.2, 0.25) is 5.02 Å². The number of sulfone groups is 1. The van der Waals surface area contributed by atoms with Crippen LogP contribution < -0.4 is 0 Å². The first-order valence-corrected chi connectivity index (χ1v) is 9.41. The van der Waals surface area contributed by atoms with E-state index in [1.54, 1.807) is 36.3 Å². The molecule has 1 fully saturated rings. The van der Waals surface area contributed by atoms with Gasteiger partial charge in [-0.3, -0.25) is 9.58 Å². The molecule has 5 nitrogen and oxygen atoms in total. The third kappa shape index (κ3) is 3.57. The minimum Gasteiger partial charge on any atom is -0.290 e. The van der Waals surface area contributed by atoms with Crippen molar-refractivity contribution in [3.8, 4) is 0 Å². The maximum atomic E-state index is 14.0. The van der Waals surface area contributed by atoms with Crippen molar-refractivity contribution in [2.75, 3.05) is 18.1 Å². The molecule has 0 bridgehead atoms. The Morgan fingerprint density at radius 1 is 1.43 bits per heavy atom. The molecular weight excluding hydrogens is 341 g/mol. The standard InChI is InChI=1S/C15H17ClFN3O2S/c1-19-8-11(7-18-19)15-10-23(21,22)6-5-20(15)9-12-13(16)3-2-4-14(12)17/h2-4,7-8,15H,5-6,9-10H2,1H3. The highest BCUT2D eigenvalue weighted by Gasteiger charge is 2.33. The van der Waals surface area contributed by atoms with E-state index >= 15 is 0 Å². The molecule has 1 aliphatic rings. The van der Waals surface area contributed by atoms with Crippen molar-refractivity contribution >= 4 is 21.4 Å². The Morgan fingerprint density at radius 3 is 2.87 bits per heavy atom. The van der Waals surface area contributed by atoms with Crippen LogP contribution in [0.25, 0.3) is 0 Å². The van der Waals surface area contributed by atoms with Crippen LogP contribution in [-0.2, 0) is 23.4 Å². The molecule has 0 amide bonds. The van der Waals surface area contributed by atoms with Crippen molar-refractivity contribution in [1.82, 2.24) is 14.7 Å². The number of hydrogen-bond donors (Lipinski definition) is 0.